The maximum absolute atomic E-state index is 12.1. The van der Waals surface area contributed by atoms with Crippen LogP contribution in [0.2, 0.25) is 5.02 Å². The normalized spacial score (nSPS) is 10.4. The minimum absolute atomic E-state index is 0.0112. The van der Waals surface area contributed by atoms with Crippen LogP contribution >= 0.6 is 23.2 Å². The average molecular weight is 323 g/mol. The predicted octanol–water partition coefficient (Wildman–Crippen LogP) is 5.04. The first-order valence-electron chi connectivity index (χ1n) is 6.68. The van der Waals surface area contributed by atoms with E-state index in [1.54, 1.807) is 0 Å². The zero-order valence-corrected chi connectivity index (χ0v) is 13.2. The summed E-state index contributed by atoms with van der Waals surface area (Å²) in [6, 6.07) is 13.0. The molecule has 0 spiro atoms. The molecule has 0 heterocycles. The molecule has 0 atom stereocenters. The van der Waals surface area contributed by atoms with Crippen LogP contribution < -0.4 is 4.74 Å². The van der Waals surface area contributed by atoms with Crippen LogP contribution in [0, 0.1) is 6.92 Å². The second kappa shape index (κ2) is 7.48. The topological polar surface area (TPSA) is 26.3 Å². The number of benzene rings is 2. The molecule has 0 aliphatic carbocycles. The van der Waals surface area contributed by atoms with E-state index in [1.165, 1.54) is 0 Å². The number of halogens is 2. The third kappa shape index (κ3) is 4.23. The number of aryl methyl sites for hydroxylation is 1. The van der Waals surface area contributed by atoms with Crippen molar-refractivity contribution in [2.75, 3.05) is 5.88 Å². The van der Waals surface area contributed by atoms with Gasteiger partial charge in [0.15, 0.2) is 5.78 Å². The van der Waals surface area contributed by atoms with Crippen LogP contribution in [-0.2, 0) is 6.61 Å². The van der Waals surface area contributed by atoms with Gasteiger partial charge in [-0.1, -0.05) is 41.4 Å². The molecule has 0 aliphatic heterocycles. The highest BCUT2D eigenvalue weighted by molar-refractivity contribution is 6.31. The van der Waals surface area contributed by atoms with E-state index < -0.39 is 0 Å². The van der Waals surface area contributed by atoms with Gasteiger partial charge in [-0.15, -0.1) is 11.6 Å². The molecule has 0 amide bonds. The van der Waals surface area contributed by atoms with Gasteiger partial charge in [0.25, 0.3) is 0 Å². The number of ketones is 1. The highest BCUT2D eigenvalue weighted by Gasteiger charge is 2.13. The monoisotopic (exact) mass is 322 g/mol. The van der Waals surface area contributed by atoms with Gasteiger partial charge >= 0.3 is 0 Å². The Hall–Kier alpha value is -1.51. The Balaban J connectivity index is 2.20. The van der Waals surface area contributed by atoms with Gasteiger partial charge < -0.3 is 4.74 Å². The number of ether oxygens (including phenoxy) is 1. The fourth-order valence-electron chi connectivity index (χ4n) is 1.98. The summed E-state index contributed by atoms with van der Waals surface area (Å²) in [6.07, 6.45) is 0.299. The molecule has 0 radical (unpaired) electrons. The van der Waals surface area contributed by atoms with E-state index in [-0.39, 0.29) is 5.78 Å². The molecule has 21 heavy (non-hydrogen) atoms. The maximum atomic E-state index is 12.1. The van der Waals surface area contributed by atoms with Gasteiger partial charge in [-0.05, 0) is 25.1 Å². The molecule has 4 heteroatoms. The van der Waals surface area contributed by atoms with E-state index >= 15 is 0 Å². The van der Waals surface area contributed by atoms with Crippen LogP contribution in [0.4, 0.5) is 0 Å². The Labute approximate surface area is 134 Å². The Bertz CT molecular complexity index is 638. The number of hydrogen-bond acceptors (Lipinski definition) is 2. The largest absolute Gasteiger partial charge is 0.488 e. The number of Topliss-reactive ketones (excluding diaryl/α,β-unsaturated/α-hetero) is 1. The lowest BCUT2D eigenvalue weighted by Gasteiger charge is -2.12. The minimum atomic E-state index is -0.0112. The van der Waals surface area contributed by atoms with Crippen molar-refractivity contribution >= 4 is 29.0 Å². The first-order chi connectivity index (χ1) is 10.1. The highest BCUT2D eigenvalue weighted by atomic mass is 35.5. The first-order valence-corrected chi connectivity index (χ1v) is 7.59. The summed E-state index contributed by atoms with van der Waals surface area (Å²) in [4.78, 5) is 12.1. The molecular weight excluding hydrogens is 307 g/mol. The Morgan fingerprint density at radius 1 is 1.19 bits per heavy atom. The minimum Gasteiger partial charge on any atom is -0.488 e. The molecule has 0 N–H and O–H groups in total. The second-order valence-electron chi connectivity index (χ2n) is 4.74. The van der Waals surface area contributed by atoms with Crippen LogP contribution in [0.1, 0.15) is 27.9 Å². The van der Waals surface area contributed by atoms with Gasteiger partial charge in [0, 0.05) is 22.9 Å². The van der Waals surface area contributed by atoms with Crippen molar-refractivity contribution in [1.29, 1.82) is 0 Å². The van der Waals surface area contributed by atoms with Crippen LogP contribution in [0.15, 0.2) is 42.5 Å². The van der Waals surface area contributed by atoms with E-state index in [2.05, 4.69) is 0 Å². The number of carbonyl (C=O) groups excluding carboxylic acids is 1. The molecule has 110 valence electrons. The number of rotatable bonds is 6. The zero-order valence-electron chi connectivity index (χ0n) is 11.7. The van der Waals surface area contributed by atoms with E-state index in [9.17, 15) is 4.79 Å². The Morgan fingerprint density at radius 2 is 1.95 bits per heavy atom. The van der Waals surface area contributed by atoms with Crippen molar-refractivity contribution in [1.82, 2.24) is 0 Å². The molecular formula is C17H16Cl2O2. The molecule has 2 nitrogen and oxygen atoms in total. The molecule has 0 saturated carbocycles. The van der Waals surface area contributed by atoms with Crippen molar-refractivity contribution < 1.29 is 9.53 Å². The predicted molar refractivity (Wildman–Crippen MR) is 86.6 cm³/mol. The molecule has 0 aromatic heterocycles. The molecule has 2 aromatic carbocycles. The van der Waals surface area contributed by atoms with Gasteiger partial charge in [-0.2, -0.15) is 0 Å². The van der Waals surface area contributed by atoms with Crippen LogP contribution in [0.25, 0.3) is 0 Å². The van der Waals surface area contributed by atoms with Gasteiger partial charge in [0.1, 0.15) is 12.4 Å². The van der Waals surface area contributed by atoms with Crippen molar-refractivity contribution in [2.45, 2.75) is 20.0 Å². The van der Waals surface area contributed by atoms with E-state index in [4.69, 9.17) is 27.9 Å². The zero-order chi connectivity index (χ0) is 15.2. The molecule has 0 aliphatic rings. The molecule has 0 saturated heterocycles. The summed E-state index contributed by atoms with van der Waals surface area (Å²) in [7, 11) is 0. The molecule has 0 fully saturated rings. The Kier molecular flexibility index (Phi) is 5.66. The molecule has 0 unspecified atom stereocenters. The summed E-state index contributed by atoms with van der Waals surface area (Å²) in [5.41, 5.74) is 2.47. The number of alkyl halides is 1. The third-order valence-corrected chi connectivity index (χ3v) is 3.66. The van der Waals surface area contributed by atoms with Crippen molar-refractivity contribution in [2.24, 2.45) is 0 Å². The smallest absolute Gasteiger partial charge is 0.167 e. The lowest BCUT2D eigenvalue weighted by atomic mass is 10.0. The lowest BCUT2D eigenvalue weighted by molar-refractivity contribution is 0.0984. The highest BCUT2D eigenvalue weighted by Crippen LogP contribution is 2.24. The number of hydrogen-bond donors (Lipinski definition) is 0. The van der Waals surface area contributed by atoms with Crippen LogP contribution in [0.3, 0.4) is 0 Å². The summed E-state index contributed by atoms with van der Waals surface area (Å²) in [5, 5.41) is 0.651. The summed E-state index contributed by atoms with van der Waals surface area (Å²) in [5.74, 6) is 0.856. The third-order valence-electron chi connectivity index (χ3n) is 3.10. The van der Waals surface area contributed by atoms with Crippen LogP contribution in [0.5, 0.6) is 5.75 Å². The van der Waals surface area contributed by atoms with E-state index in [1.807, 2.05) is 49.4 Å². The quantitative estimate of drug-likeness (QED) is 0.550. The Morgan fingerprint density at radius 3 is 2.67 bits per heavy atom. The number of carbonyl (C=O) groups is 1. The van der Waals surface area contributed by atoms with E-state index in [0.29, 0.717) is 35.2 Å². The van der Waals surface area contributed by atoms with Crippen molar-refractivity contribution in [3.63, 3.8) is 0 Å². The summed E-state index contributed by atoms with van der Waals surface area (Å²) in [6.45, 7) is 2.26. The fraction of sp³-hybridized carbons (Fsp3) is 0.235. The maximum Gasteiger partial charge on any atom is 0.167 e. The fourth-order valence-corrected chi connectivity index (χ4v) is 2.34. The van der Waals surface area contributed by atoms with Crippen molar-refractivity contribution in [3.05, 3.63) is 64.2 Å². The van der Waals surface area contributed by atoms with Crippen LogP contribution in [-0.4, -0.2) is 11.7 Å². The average Bonchev–Trinajstić information content (AvgIpc) is 2.47. The summed E-state index contributed by atoms with van der Waals surface area (Å²) < 4.78 is 5.78. The van der Waals surface area contributed by atoms with Gasteiger partial charge in [-0.25, -0.2) is 0 Å². The van der Waals surface area contributed by atoms with Crippen molar-refractivity contribution in [3.8, 4) is 5.75 Å². The molecule has 2 aromatic rings. The molecule has 0 bridgehead atoms. The second-order valence-corrected chi connectivity index (χ2v) is 5.53. The van der Waals surface area contributed by atoms with E-state index in [0.717, 1.165) is 11.1 Å². The summed E-state index contributed by atoms with van der Waals surface area (Å²) >= 11 is 11.8. The molecule has 2 rings (SSSR count). The lowest BCUT2D eigenvalue weighted by Crippen LogP contribution is -2.05. The standard InChI is InChI=1S/C17H16Cl2O2/c1-12-6-7-17(14(10-12)16(20)8-9-18)21-11-13-4-2-3-5-15(13)19/h2-7,10H,8-9,11H2,1H3. The van der Waals surface area contributed by atoms with Gasteiger partial charge in [0.2, 0.25) is 0 Å². The van der Waals surface area contributed by atoms with Gasteiger partial charge in [-0.3, -0.25) is 4.79 Å². The SMILES string of the molecule is Cc1ccc(OCc2ccccc2Cl)c(C(=O)CCCl)c1. The first kappa shape index (κ1) is 15.9. The van der Waals surface area contributed by atoms with Gasteiger partial charge in [0.05, 0.1) is 5.56 Å².